The summed E-state index contributed by atoms with van der Waals surface area (Å²) >= 11 is 6.01. The monoisotopic (exact) mass is 198 g/mol. The van der Waals surface area contributed by atoms with Crippen molar-refractivity contribution in [3.8, 4) is 0 Å². The maximum Gasteiger partial charge on any atom is 0.137 e. The van der Waals surface area contributed by atoms with Crippen molar-refractivity contribution in [2.24, 2.45) is 0 Å². The number of halogens is 1. The van der Waals surface area contributed by atoms with Gasteiger partial charge in [0.25, 0.3) is 0 Å². The molecule has 0 aliphatic carbocycles. The minimum absolute atomic E-state index is 0.343. The highest BCUT2D eigenvalue weighted by atomic mass is 35.5. The van der Waals surface area contributed by atoms with E-state index in [0.717, 1.165) is 11.1 Å². The summed E-state index contributed by atoms with van der Waals surface area (Å²) < 4.78 is 4.97. The van der Waals surface area contributed by atoms with E-state index in [-0.39, 0.29) is 0 Å². The number of hydrogen-bond donors (Lipinski definition) is 1. The van der Waals surface area contributed by atoms with Crippen molar-refractivity contribution in [1.29, 1.82) is 0 Å². The average molecular weight is 199 g/mol. The summed E-state index contributed by atoms with van der Waals surface area (Å²) in [6.07, 6.45) is 0. The molecule has 0 bridgehead atoms. The van der Waals surface area contributed by atoms with Crippen LogP contribution in [-0.2, 0) is 10.3 Å². The zero-order valence-electron chi connectivity index (χ0n) is 7.38. The average Bonchev–Trinajstić information content (AvgIpc) is 2.00. The quantitative estimate of drug-likeness (QED) is 0.747. The second kappa shape index (κ2) is 2.98. The summed E-state index contributed by atoms with van der Waals surface area (Å²) in [6.45, 7) is 2.66. The molecule has 1 aromatic rings. The van der Waals surface area contributed by atoms with E-state index < -0.39 is 5.60 Å². The van der Waals surface area contributed by atoms with Crippen molar-refractivity contribution in [3.05, 3.63) is 34.3 Å². The summed E-state index contributed by atoms with van der Waals surface area (Å²) in [5.74, 6) is 0. The molecule has 0 saturated carbocycles. The molecule has 1 N–H and O–H groups in total. The molecule has 1 aliphatic rings. The zero-order valence-corrected chi connectivity index (χ0v) is 8.14. The first-order chi connectivity index (χ1) is 6.12. The third-order valence-corrected chi connectivity index (χ3v) is 2.62. The zero-order chi connectivity index (χ0) is 9.47. The van der Waals surface area contributed by atoms with Gasteiger partial charge >= 0.3 is 0 Å². The van der Waals surface area contributed by atoms with E-state index in [9.17, 15) is 5.11 Å². The van der Waals surface area contributed by atoms with Gasteiger partial charge in [-0.15, -0.1) is 0 Å². The molecule has 1 saturated heterocycles. The summed E-state index contributed by atoms with van der Waals surface area (Å²) in [5, 5.41) is 10.6. The number of aliphatic hydroxyl groups is 1. The van der Waals surface area contributed by atoms with Gasteiger partial charge < -0.3 is 9.84 Å². The van der Waals surface area contributed by atoms with Gasteiger partial charge in [-0.3, -0.25) is 0 Å². The van der Waals surface area contributed by atoms with Crippen LogP contribution in [0.15, 0.2) is 18.2 Å². The van der Waals surface area contributed by atoms with E-state index in [1.807, 2.05) is 25.1 Å². The standard InChI is InChI=1S/C10H11ClO2/c1-7-2-3-8(9(11)4-7)10(12)5-13-6-10/h2-4,12H,5-6H2,1H3. The van der Waals surface area contributed by atoms with Crippen molar-refractivity contribution in [2.75, 3.05) is 13.2 Å². The van der Waals surface area contributed by atoms with E-state index in [4.69, 9.17) is 16.3 Å². The lowest BCUT2D eigenvalue weighted by Gasteiger charge is -2.37. The fraction of sp³-hybridized carbons (Fsp3) is 0.400. The van der Waals surface area contributed by atoms with Crippen molar-refractivity contribution < 1.29 is 9.84 Å². The Morgan fingerprint density at radius 1 is 1.46 bits per heavy atom. The predicted octanol–water partition coefficient (Wildman–Crippen LogP) is 1.87. The Balaban J connectivity index is 2.40. The van der Waals surface area contributed by atoms with Crippen molar-refractivity contribution >= 4 is 11.6 Å². The van der Waals surface area contributed by atoms with Gasteiger partial charge in [0.2, 0.25) is 0 Å². The first kappa shape index (κ1) is 9.00. The van der Waals surface area contributed by atoms with Crippen LogP contribution in [-0.4, -0.2) is 18.3 Å². The summed E-state index contributed by atoms with van der Waals surface area (Å²) in [7, 11) is 0. The van der Waals surface area contributed by atoms with E-state index in [0.29, 0.717) is 18.2 Å². The van der Waals surface area contributed by atoms with E-state index >= 15 is 0 Å². The Morgan fingerprint density at radius 3 is 2.62 bits per heavy atom. The first-order valence-electron chi connectivity index (χ1n) is 4.19. The lowest BCUT2D eigenvalue weighted by atomic mass is 9.91. The van der Waals surface area contributed by atoms with Crippen molar-refractivity contribution in [3.63, 3.8) is 0 Å². The summed E-state index contributed by atoms with van der Waals surface area (Å²) in [5.41, 5.74) is 1.01. The molecular weight excluding hydrogens is 188 g/mol. The number of rotatable bonds is 1. The molecule has 70 valence electrons. The molecule has 1 aromatic carbocycles. The Kier molecular flexibility index (Phi) is 2.06. The third kappa shape index (κ3) is 1.46. The minimum atomic E-state index is -0.856. The molecular formula is C10H11ClO2. The van der Waals surface area contributed by atoms with Crippen LogP contribution in [0.25, 0.3) is 0 Å². The molecule has 1 fully saturated rings. The normalized spacial score (nSPS) is 19.6. The summed E-state index contributed by atoms with van der Waals surface area (Å²) in [4.78, 5) is 0. The topological polar surface area (TPSA) is 29.5 Å². The first-order valence-corrected chi connectivity index (χ1v) is 4.56. The van der Waals surface area contributed by atoms with E-state index in [2.05, 4.69) is 0 Å². The van der Waals surface area contributed by atoms with Crippen molar-refractivity contribution in [1.82, 2.24) is 0 Å². The smallest absolute Gasteiger partial charge is 0.137 e. The van der Waals surface area contributed by atoms with Crippen LogP contribution in [0.4, 0.5) is 0 Å². The molecule has 0 unspecified atom stereocenters. The molecule has 2 nitrogen and oxygen atoms in total. The largest absolute Gasteiger partial charge is 0.380 e. The Hall–Kier alpha value is -0.570. The van der Waals surface area contributed by atoms with Gasteiger partial charge in [0.05, 0.1) is 13.2 Å². The molecule has 3 heteroatoms. The van der Waals surface area contributed by atoms with Crippen LogP contribution in [0.1, 0.15) is 11.1 Å². The molecule has 0 aromatic heterocycles. The molecule has 0 radical (unpaired) electrons. The van der Waals surface area contributed by atoms with Crippen LogP contribution < -0.4 is 0 Å². The minimum Gasteiger partial charge on any atom is -0.380 e. The van der Waals surface area contributed by atoms with Gasteiger partial charge in [-0.2, -0.15) is 0 Å². The van der Waals surface area contributed by atoms with Crippen LogP contribution in [0.3, 0.4) is 0 Å². The van der Waals surface area contributed by atoms with Crippen LogP contribution in [0, 0.1) is 6.92 Å². The SMILES string of the molecule is Cc1ccc(C2(O)COC2)c(Cl)c1. The Morgan fingerprint density at radius 2 is 2.15 bits per heavy atom. The second-order valence-electron chi connectivity index (χ2n) is 3.51. The third-order valence-electron chi connectivity index (χ3n) is 2.31. The van der Waals surface area contributed by atoms with E-state index in [1.54, 1.807) is 0 Å². The molecule has 0 atom stereocenters. The second-order valence-corrected chi connectivity index (χ2v) is 3.91. The van der Waals surface area contributed by atoms with Crippen molar-refractivity contribution in [2.45, 2.75) is 12.5 Å². The molecule has 1 aliphatic heterocycles. The van der Waals surface area contributed by atoms with Gasteiger partial charge in [-0.1, -0.05) is 23.7 Å². The predicted molar refractivity (Wildman–Crippen MR) is 50.9 cm³/mol. The number of benzene rings is 1. The molecule has 0 amide bonds. The van der Waals surface area contributed by atoms with Gasteiger partial charge in [0, 0.05) is 10.6 Å². The van der Waals surface area contributed by atoms with Gasteiger partial charge in [0.15, 0.2) is 0 Å². The van der Waals surface area contributed by atoms with E-state index in [1.165, 1.54) is 0 Å². The van der Waals surface area contributed by atoms with Gasteiger partial charge in [0.1, 0.15) is 5.60 Å². The maximum absolute atomic E-state index is 9.94. The highest BCUT2D eigenvalue weighted by Gasteiger charge is 2.39. The summed E-state index contributed by atoms with van der Waals surface area (Å²) in [6, 6.07) is 5.66. The van der Waals surface area contributed by atoms with Crippen LogP contribution >= 0.6 is 11.6 Å². The molecule has 1 heterocycles. The van der Waals surface area contributed by atoms with Crippen LogP contribution in [0.2, 0.25) is 5.02 Å². The fourth-order valence-corrected chi connectivity index (χ4v) is 1.86. The molecule has 0 spiro atoms. The molecule has 13 heavy (non-hydrogen) atoms. The fourth-order valence-electron chi connectivity index (χ4n) is 1.45. The maximum atomic E-state index is 9.94. The Labute approximate surface area is 82.1 Å². The lowest BCUT2D eigenvalue weighted by molar-refractivity contribution is -0.184. The number of ether oxygens (including phenoxy) is 1. The highest BCUT2D eigenvalue weighted by molar-refractivity contribution is 6.31. The van der Waals surface area contributed by atoms with Gasteiger partial charge in [-0.05, 0) is 18.6 Å². The number of aryl methyl sites for hydroxylation is 1. The van der Waals surface area contributed by atoms with Gasteiger partial charge in [-0.25, -0.2) is 0 Å². The van der Waals surface area contributed by atoms with Crippen LogP contribution in [0.5, 0.6) is 0 Å². The lowest BCUT2D eigenvalue weighted by Crippen LogP contribution is -2.46. The molecule has 2 rings (SSSR count). The Bertz CT molecular complexity index is 332. The highest BCUT2D eigenvalue weighted by Crippen LogP contribution is 2.34. The number of hydrogen-bond acceptors (Lipinski definition) is 2.